The van der Waals surface area contributed by atoms with Crippen LogP contribution in [-0.2, 0) is 20.1 Å². The molecule has 1 rings (SSSR count). The Morgan fingerprint density at radius 1 is 1.29 bits per heavy atom. The highest BCUT2D eigenvalue weighted by Crippen LogP contribution is 2.13. The molecule has 21 heavy (non-hydrogen) atoms. The number of methoxy groups -OCH3 is 1. The molecule has 1 aromatic carbocycles. The molecule has 0 aliphatic rings. The zero-order valence-electron chi connectivity index (χ0n) is 12.3. The Labute approximate surface area is 128 Å². The quantitative estimate of drug-likeness (QED) is 0.692. The van der Waals surface area contributed by atoms with Gasteiger partial charge in [0.1, 0.15) is 5.82 Å². The Morgan fingerprint density at radius 2 is 1.95 bits per heavy atom. The van der Waals surface area contributed by atoms with Crippen LogP contribution in [0.5, 0.6) is 0 Å². The molecule has 6 heteroatoms. The molecular weight excluding hydrogens is 293 g/mol. The fourth-order valence-corrected chi connectivity index (χ4v) is 2.60. The minimum atomic E-state index is -0.319. The number of amides is 1. The van der Waals surface area contributed by atoms with Crippen LogP contribution in [0.2, 0.25) is 0 Å². The van der Waals surface area contributed by atoms with Gasteiger partial charge >= 0.3 is 5.97 Å². The number of benzene rings is 1. The van der Waals surface area contributed by atoms with Gasteiger partial charge in [0.25, 0.3) is 0 Å². The number of rotatable bonds is 8. The number of hydrogen-bond acceptors (Lipinski definition) is 4. The lowest BCUT2D eigenvalue weighted by molar-refractivity contribution is -0.141. The second-order valence-corrected chi connectivity index (χ2v) is 5.40. The number of hydrogen-bond donors (Lipinski definition) is 0. The summed E-state index contributed by atoms with van der Waals surface area (Å²) in [7, 11) is 1.33. The third-order valence-electron chi connectivity index (χ3n) is 2.96. The van der Waals surface area contributed by atoms with E-state index in [9.17, 15) is 14.0 Å². The van der Waals surface area contributed by atoms with E-state index < -0.39 is 0 Å². The summed E-state index contributed by atoms with van der Waals surface area (Å²) in [6, 6.07) is 6.24. The molecule has 0 N–H and O–H groups in total. The van der Waals surface area contributed by atoms with E-state index in [0.717, 1.165) is 5.56 Å². The first-order chi connectivity index (χ1) is 10.1. The van der Waals surface area contributed by atoms with Crippen molar-refractivity contribution in [2.45, 2.75) is 19.1 Å². The maximum absolute atomic E-state index is 12.8. The molecule has 1 aromatic rings. The summed E-state index contributed by atoms with van der Waals surface area (Å²) in [5.74, 6) is 0.404. The minimum Gasteiger partial charge on any atom is -0.469 e. The predicted molar refractivity (Wildman–Crippen MR) is 81.4 cm³/mol. The van der Waals surface area contributed by atoms with Gasteiger partial charge in [-0.25, -0.2) is 4.39 Å². The molecule has 0 aliphatic carbocycles. The van der Waals surface area contributed by atoms with Gasteiger partial charge in [-0.1, -0.05) is 12.1 Å². The molecule has 0 atom stereocenters. The first kappa shape index (κ1) is 17.5. The largest absolute Gasteiger partial charge is 0.469 e. The van der Waals surface area contributed by atoms with Gasteiger partial charge in [-0.2, -0.15) is 0 Å². The number of carbonyl (C=O) groups is 2. The highest BCUT2D eigenvalue weighted by Gasteiger charge is 2.13. The first-order valence-corrected chi connectivity index (χ1v) is 7.89. The van der Waals surface area contributed by atoms with Crippen molar-refractivity contribution >= 4 is 23.6 Å². The fraction of sp³-hybridized carbons (Fsp3) is 0.467. The number of carbonyl (C=O) groups excluding carboxylic acids is 2. The van der Waals surface area contributed by atoms with Crippen LogP contribution in [0, 0.1) is 5.82 Å². The molecule has 0 saturated carbocycles. The van der Waals surface area contributed by atoms with Gasteiger partial charge < -0.3 is 9.64 Å². The van der Waals surface area contributed by atoms with Crippen LogP contribution in [0.25, 0.3) is 0 Å². The average Bonchev–Trinajstić information content (AvgIpc) is 2.49. The summed E-state index contributed by atoms with van der Waals surface area (Å²) in [5.41, 5.74) is 0.979. The Balaban J connectivity index is 2.33. The number of esters is 1. The van der Waals surface area contributed by atoms with Crippen LogP contribution >= 0.6 is 11.8 Å². The van der Waals surface area contributed by atoms with Crippen LogP contribution in [-0.4, -0.2) is 42.7 Å². The Morgan fingerprint density at radius 3 is 2.52 bits per heavy atom. The van der Waals surface area contributed by atoms with Crippen LogP contribution in [0.1, 0.15) is 18.9 Å². The van der Waals surface area contributed by atoms with E-state index in [1.807, 2.05) is 6.92 Å². The van der Waals surface area contributed by atoms with Gasteiger partial charge in [0.05, 0.1) is 19.3 Å². The zero-order valence-corrected chi connectivity index (χ0v) is 13.1. The molecular formula is C15H20FNO3S. The molecule has 0 aliphatic heterocycles. The number of nitrogens with zero attached hydrogens (tertiary/aromatic N) is 1. The van der Waals surface area contributed by atoms with Crippen molar-refractivity contribution in [3.05, 3.63) is 35.6 Å². The van der Waals surface area contributed by atoms with E-state index >= 15 is 0 Å². The Bertz CT molecular complexity index is 464. The van der Waals surface area contributed by atoms with Crippen molar-refractivity contribution in [3.8, 4) is 0 Å². The maximum Gasteiger partial charge on any atom is 0.307 e. The maximum atomic E-state index is 12.8. The molecule has 116 valence electrons. The van der Waals surface area contributed by atoms with E-state index in [0.29, 0.717) is 24.6 Å². The highest BCUT2D eigenvalue weighted by molar-refractivity contribution is 7.99. The van der Waals surface area contributed by atoms with Gasteiger partial charge in [-0.15, -0.1) is 11.8 Å². The first-order valence-electron chi connectivity index (χ1n) is 6.73. The van der Waals surface area contributed by atoms with Crippen molar-refractivity contribution in [1.82, 2.24) is 4.90 Å². The standard InChI is InChI=1S/C15H20FNO3S/c1-3-17(9-8-15(19)20-2)14(18)11-21-10-12-4-6-13(16)7-5-12/h4-7H,3,8-11H2,1-2H3. The van der Waals surface area contributed by atoms with E-state index in [2.05, 4.69) is 4.74 Å². The molecule has 0 unspecified atom stereocenters. The number of ether oxygens (including phenoxy) is 1. The highest BCUT2D eigenvalue weighted by atomic mass is 32.2. The smallest absolute Gasteiger partial charge is 0.307 e. The van der Waals surface area contributed by atoms with Crippen molar-refractivity contribution in [1.29, 1.82) is 0 Å². The SMILES string of the molecule is CCN(CCC(=O)OC)C(=O)CSCc1ccc(F)cc1. The zero-order chi connectivity index (χ0) is 15.7. The van der Waals surface area contributed by atoms with Crippen LogP contribution in [0.15, 0.2) is 24.3 Å². The predicted octanol–water partition coefficient (Wildman–Crippen LogP) is 2.47. The molecule has 0 saturated heterocycles. The van der Waals surface area contributed by atoms with Crippen molar-refractivity contribution < 1.29 is 18.7 Å². The van der Waals surface area contributed by atoms with Crippen molar-refractivity contribution in [2.75, 3.05) is 26.0 Å². The van der Waals surface area contributed by atoms with E-state index in [1.165, 1.54) is 31.0 Å². The van der Waals surface area contributed by atoms with Crippen LogP contribution < -0.4 is 0 Å². The average molecular weight is 313 g/mol. The molecule has 0 spiro atoms. The molecule has 0 aromatic heterocycles. The Hall–Kier alpha value is -1.56. The topological polar surface area (TPSA) is 46.6 Å². The normalized spacial score (nSPS) is 10.2. The van der Waals surface area contributed by atoms with E-state index in [1.54, 1.807) is 17.0 Å². The summed E-state index contributed by atoms with van der Waals surface area (Å²) in [5, 5.41) is 0. The summed E-state index contributed by atoms with van der Waals surface area (Å²) in [6.45, 7) is 2.81. The molecule has 0 radical (unpaired) electrons. The van der Waals surface area contributed by atoms with E-state index in [4.69, 9.17) is 0 Å². The third-order valence-corrected chi connectivity index (χ3v) is 3.94. The summed E-state index contributed by atoms with van der Waals surface area (Å²) < 4.78 is 17.3. The summed E-state index contributed by atoms with van der Waals surface area (Å²) in [4.78, 5) is 24.7. The third kappa shape index (κ3) is 6.62. The lowest BCUT2D eigenvalue weighted by Crippen LogP contribution is -2.34. The molecule has 0 fully saturated rings. The second-order valence-electron chi connectivity index (χ2n) is 4.42. The number of halogens is 1. The lowest BCUT2D eigenvalue weighted by Gasteiger charge is -2.20. The van der Waals surface area contributed by atoms with Gasteiger partial charge in [0.15, 0.2) is 0 Å². The summed E-state index contributed by atoms with van der Waals surface area (Å²) in [6.07, 6.45) is 0.207. The van der Waals surface area contributed by atoms with Crippen LogP contribution in [0.4, 0.5) is 4.39 Å². The molecule has 0 heterocycles. The number of thioether (sulfide) groups is 1. The van der Waals surface area contributed by atoms with Crippen molar-refractivity contribution in [2.24, 2.45) is 0 Å². The van der Waals surface area contributed by atoms with Crippen LogP contribution in [0.3, 0.4) is 0 Å². The van der Waals surface area contributed by atoms with Gasteiger partial charge in [-0.05, 0) is 24.6 Å². The van der Waals surface area contributed by atoms with Crippen molar-refractivity contribution in [3.63, 3.8) is 0 Å². The minimum absolute atomic E-state index is 0.00600. The molecule has 0 bridgehead atoms. The second kappa shape index (κ2) is 9.39. The van der Waals surface area contributed by atoms with Gasteiger partial charge in [-0.3, -0.25) is 9.59 Å². The van der Waals surface area contributed by atoms with E-state index in [-0.39, 0.29) is 24.1 Å². The lowest BCUT2D eigenvalue weighted by atomic mass is 10.2. The monoisotopic (exact) mass is 313 g/mol. The van der Waals surface area contributed by atoms with Gasteiger partial charge in [0.2, 0.25) is 5.91 Å². The Kier molecular flexibility index (Phi) is 7.82. The summed E-state index contributed by atoms with van der Waals surface area (Å²) >= 11 is 1.47. The van der Waals surface area contributed by atoms with Gasteiger partial charge in [0, 0.05) is 18.8 Å². The molecule has 4 nitrogen and oxygen atoms in total. The fourth-order valence-electron chi connectivity index (χ4n) is 1.72. The molecule has 1 amide bonds.